The number of ether oxygens (including phenoxy) is 2. The predicted octanol–water partition coefficient (Wildman–Crippen LogP) is 2.66. The van der Waals surface area contributed by atoms with Gasteiger partial charge >= 0.3 is 0 Å². The molecule has 1 saturated carbocycles. The van der Waals surface area contributed by atoms with Crippen LogP contribution in [-0.4, -0.2) is 24.3 Å². The summed E-state index contributed by atoms with van der Waals surface area (Å²) in [5.41, 5.74) is 6.44. The lowest BCUT2D eigenvalue weighted by atomic mass is 9.96. The van der Waals surface area contributed by atoms with Gasteiger partial charge in [-0.15, -0.1) is 0 Å². The number of hydrogen-bond acceptors (Lipinski definition) is 3. The largest absolute Gasteiger partial charge is 0.493 e. The third kappa shape index (κ3) is 3.68. The summed E-state index contributed by atoms with van der Waals surface area (Å²) in [4.78, 5) is 0.372. The quantitative estimate of drug-likeness (QED) is 0.608. The maximum Gasteiger partial charge on any atom is 0.129 e. The molecule has 0 aromatic heterocycles. The molecule has 1 fully saturated rings. The normalized spacial score (nSPS) is 15.1. The van der Waals surface area contributed by atoms with Gasteiger partial charge in [-0.1, -0.05) is 24.4 Å². The van der Waals surface area contributed by atoms with E-state index in [-0.39, 0.29) is 0 Å². The SMILES string of the molecule is NC(=S)c1ccccc1OCCCOC1CCC1. The Labute approximate surface area is 113 Å². The molecule has 2 N–H and O–H groups in total. The number of benzene rings is 1. The molecule has 98 valence electrons. The van der Waals surface area contributed by atoms with Gasteiger partial charge in [-0.3, -0.25) is 0 Å². The van der Waals surface area contributed by atoms with E-state index in [0.29, 0.717) is 17.7 Å². The smallest absolute Gasteiger partial charge is 0.129 e. The molecule has 0 heterocycles. The van der Waals surface area contributed by atoms with Crippen LogP contribution >= 0.6 is 12.2 Å². The van der Waals surface area contributed by atoms with Crippen LogP contribution in [-0.2, 0) is 4.74 Å². The van der Waals surface area contributed by atoms with Crippen LogP contribution in [0.3, 0.4) is 0 Å². The van der Waals surface area contributed by atoms with Gasteiger partial charge < -0.3 is 15.2 Å². The van der Waals surface area contributed by atoms with Crippen LogP contribution in [0.4, 0.5) is 0 Å². The standard InChI is InChI=1S/C14H19NO2S/c15-14(18)12-7-1-2-8-13(12)17-10-4-9-16-11-5-3-6-11/h1-2,7-8,11H,3-6,9-10H2,(H2,15,18). The topological polar surface area (TPSA) is 44.5 Å². The molecule has 2 rings (SSSR count). The van der Waals surface area contributed by atoms with Crippen LogP contribution in [0, 0.1) is 0 Å². The van der Waals surface area contributed by atoms with Gasteiger partial charge in [0.1, 0.15) is 10.7 Å². The fourth-order valence-electron chi connectivity index (χ4n) is 1.82. The van der Waals surface area contributed by atoms with E-state index in [4.69, 9.17) is 27.4 Å². The van der Waals surface area contributed by atoms with E-state index < -0.39 is 0 Å². The Hall–Kier alpha value is -1.13. The highest BCUT2D eigenvalue weighted by Crippen LogP contribution is 2.22. The van der Waals surface area contributed by atoms with Gasteiger partial charge in [0.25, 0.3) is 0 Å². The summed E-state index contributed by atoms with van der Waals surface area (Å²) in [6.07, 6.45) is 5.12. The van der Waals surface area contributed by atoms with Crippen molar-refractivity contribution >= 4 is 17.2 Å². The Kier molecular flexibility index (Phi) is 4.96. The van der Waals surface area contributed by atoms with Crippen LogP contribution in [0.5, 0.6) is 5.75 Å². The van der Waals surface area contributed by atoms with Crippen LogP contribution in [0.15, 0.2) is 24.3 Å². The molecule has 1 aliphatic carbocycles. The van der Waals surface area contributed by atoms with Crippen LogP contribution in [0.2, 0.25) is 0 Å². The summed E-state index contributed by atoms with van der Waals surface area (Å²) in [7, 11) is 0. The van der Waals surface area contributed by atoms with Gasteiger partial charge in [-0.25, -0.2) is 0 Å². The van der Waals surface area contributed by atoms with Gasteiger partial charge in [0.05, 0.1) is 24.9 Å². The van der Waals surface area contributed by atoms with Crippen molar-refractivity contribution in [3.63, 3.8) is 0 Å². The highest BCUT2D eigenvalue weighted by Gasteiger charge is 2.17. The molecule has 0 bridgehead atoms. The van der Waals surface area contributed by atoms with Crippen LogP contribution in [0.1, 0.15) is 31.2 Å². The number of nitrogens with two attached hydrogens (primary N) is 1. The zero-order valence-electron chi connectivity index (χ0n) is 10.4. The van der Waals surface area contributed by atoms with E-state index in [1.807, 2.05) is 24.3 Å². The van der Waals surface area contributed by atoms with Crippen molar-refractivity contribution in [2.75, 3.05) is 13.2 Å². The maximum absolute atomic E-state index is 5.68. The average Bonchev–Trinajstić information content (AvgIpc) is 2.31. The Bertz CT molecular complexity index is 405. The molecular formula is C14H19NO2S. The van der Waals surface area contributed by atoms with Crippen molar-refractivity contribution in [1.29, 1.82) is 0 Å². The van der Waals surface area contributed by atoms with E-state index in [1.54, 1.807) is 0 Å². The molecule has 1 aromatic rings. The van der Waals surface area contributed by atoms with Crippen molar-refractivity contribution in [2.45, 2.75) is 31.8 Å². The minimum absolute atomic E-state index is 0.372. The van der Waals surface area contributed by atoms with Gasteiger partial charge in [0.2, 0.25) is 0 Å². The van der Waals surface area contributed by atoms with Crippen molar-refractivity contribution in [3.8, 4) is 5.75 Å². The number of hydrogen-bond donors (Lipinski definition) is 1. The Morgan fingerprint density at radius 3 is 2.72 bits per heavy atom. The van der Waals surface area contributed by atoms with Crippen molar-refractivity contribution in [3.05, 3.63) is 29.8 Å². The molecule has 18 heavy (non-hydrogen) atoms. The Morgan fingerprint density at radius 1 is 1.28 bits per heavy atom. The second kappa shape index (κ2) is 6.71. The molecule has 0 radical (unpaired) electrons. The summed E-state index contributed by atoms with van der Waals surface area (Å²) in [6.45, 7) is 1.40. The third-order valence-corrected chi connectivity index (χ3v) is 3.32. The Balaban J connectivity index is 1.70. The van der Waals surface area contributed by atoms with Crippen molar-refractivity contribution in [2.24, 2.45) is 5.73 Å². The first-order valence-corrected chi connectivity index (χ1v) is 6.81. The Morgan fingerprint density at radius 2 is 2.06 bits per heavy atom. The van der Waals surface area contributed by atoms with E-state index in [1.165, 1.54) is 19.3 Å². The van der Waals surface area contributed by atoms with Crippen molar-refractivity contribution in [1.82, 2.24) is 0 Å². The summed E-state index contributed by atoms with van der Waals surface area (Å²) in [5.74, 6) is 0.758. The van der Waals surface area contributed by atoms with Gasteiger partial charge in [-0.05, 0) is 31.4 Å². The fraction of sp³-hybridized carbons (Fsp3) is 0.500. The lowest BCUT2D eigenvalue weighted by molar-refractivity contribution is -0.00223. The van der Waals surface area contributed by atoms with E-state index in [2.05, 4.69) is 0 Å². The maximum atomic E-state index is 5.68. The molecule has 3 nitrogen and oxygen atoms in total. The molecule has 0 aliphatic heterocycles. The second-order valence-electron chi connectivity index (χ2n) is 4.49. The zero-order chi connectivity index (χ0) is 12.8. The fourth-order valence-corrected chi connectivity index (χ4v) is 1.99. The predicted molar refractivity (Wildman–Crippen MR) is 76.0 cm³/mol. The van der Waals surface area contributed by atoms with Crippen LogP contribution < -0.4 is 10.5 Å². The zero-order valence-corrected chi connectivity index (χ0v) is 11.2. The van der Waals surface area contributed by atoms with E-state index in [9.17, 15) is 0 Å². The molecule has 0 amide bonds. The second-order valence-corrected chi connectivity index (χ2v) is 4.93. The molecule has 1 aromatic carbocycles. The van der Waals surface area contributed by atoms with Gasteiger partial charge in [-0.2, -0.15) is 0 Å². The number of rotatable bonds is 7. The molecule has 0 saturated heterocycles. The minimum atomic E-state index is 0.372. The average molecular weight is 265 g/mol. The summed E-state index contributed by atoms with van der Waals surface area (Å²) in [6, 6.07) is 7.59. The highest BCUT2D eigenvalue weighted by atomic mass is 32.1. The number of para-hydroxylation sites is 1. The summed E-state index contributed by atoms with van der Waals surface area (Å²) >= 11 is 4.98. The first-order valence-electron chi connectivity index (χ1n) is 6.40. The highest BCUT2D eigenvalue weighted by molar-refractivity contribution is 7.80. The molecule has 4 heteroatoms. The van der Waals surface area contributed by atoms with E-state index >= 15 is 0 Å². The van der Waals surface area contributed by atoms with Crippen molar-refractivity contribution < 1.29 is 9.47 Å². The molecule has 1 aliphatic rings. The first kappa shape index (κ1) is 13.3. The van der Waals surface area contributed by atoms with E-state index in [0.717, 1.165) is 24.3 Å². The first-order chi connectivity index (χ1) is 8.77. The lowest BCUT2D eigenvalue weighted by Gasteiger charge is -2.25. The minimum Gasteiger partial charge on any atom is -0.493 e. The third-order valence-electron chi connectivity index (χ3n) is 3.10. The summed E-state index contributed by atoms with van der Waals surface area (Å²) < 4.78 is 11.3. The van der Waals surface area contributed by atoms with Gasteiger partial charge in [0.15, 0.2) is 0 Å². The lowest BCUT2D eigenvalue weighted by Crippen LogP contribution is -2.22. The molecule has 0 atom stereocenters. The molecule has 0 spiro atoms. The van der Waals surface area contributed by atoms with Crippen LogP contribution in [0.25, 0.3) is 0 Å². The number of thiocarbonyl (C=S) groups is 1. The molecular weight excluding hydrogens is 246 g/mol. The molecule has 0 unspecified atom stereocenters. The summed E-state index contributed by atoms with van der Waals surface area (Å²) in [5, 5.41) is 0. The monoisotopic (exact) mass is 265 g/mol. The van der Waals surface area contributed by atoms with Gasteiger partial charge in [0, 0.05) is 6.42 Å².